The maximum absolute atomic E-state index is 12.2. The molecule has 0 radical (unpaired) electrons. The molecule has 2 amide bonds. The summed E-state index contributed by atoms with van der Waals surface area (Å²) in [5, 5.41) is 5.39. The van der Waals surface area contributed by atoms with Gasteiger partial charge in [0.25, 0.3) is 5.91 Å². The fraction of sp³-hybridized carbons (Fsp3) is 0.263. The highest BCUT2D eigenvalue weighted by atomic mass is 16.5. The molecule has 0 atom stereocenters. The molecule has 0 heterocycles. The quantitative estimate of drug-likeness (QED) is 0.857. The summed E-state index contributed by atoms with van der Waals surface area (Å²) in [5.74, 6) is 0.227. The summed E-state index contributed by atoms with van der Waals surface area (Å²) < 4.78 is 5.14. The molecule has 0 bridgehead atoms. The van der Waals surface area contributed by atoms with Gasteiger partial charge in [-0.1, -0.05) is 38.1 Å². The van der Waals surface area contributed by atoms with Gasteiger partial charge in [-0.3, -0.25) is 9.59 Å². The molecule has 0 saturated carbocycles. The Morgan fingerprint density at radius 1 is 1.08 bits per heavy atom. The molecule has 0 saturated heterocycles. The Bertz CT molecular complexity index is 726. The fourth-order valence-corrected chi connectivity index (χ4v) is 2.27. The number of hydrogen-bond donors (Lipinski definition) is 2. The van der Waals surface area contributed by atoms with E-state index >= 15 is 0 Å². The SMILES string of the molecule is COc1ccccc1C(=O)NCC(=O)Nc1cccc(C(C)C)c1. The van der Waals surface area contributed by atoms with E-state index in [0.717, 1.165) is 11.3 Å². The number of benzene rings is 2. The first-order chi connectivity index (χ1) is 11.5. The molecule has 0 aromatic heterocycles. The molecule has 0 aliphatic rings. The summed E-state index contributed by atoms with van der Waals surface area (Å²) in [6.45, 7) is 4.07. The molecule has 0 aliphatic carbocycles. The van der Waals surface area contributed by atoms with Crippen molar-refractivity contribution in [3.05, 3.63) is 59.7 Å². The molecule has 24 heavy (non-hydrogen) atoms. The van der Waals surface area contributed by atoms with Crippen molar-refractivity contribution in [3.8, 4) is 5.75 Å². The largest absolute Gasteiger partial charge is 0.496 e. The molecule has 0 spiro atoms. The predicted molar refractivity (Wildman–Crippen MR) is 94.5 cm³/mol. The minimum absolute atomic E-state index is 0.108. The van der Waals surface area contributed by atoms with Gasteiger partial charge in [0.1, 0.15) is 5.75 Å². The van der Waals surface area contributed by atoms with E-state index in [2.05, 4.69) is 24.5 Å². The molecule has 2 aromatic rings. The minimum atomic E-state index is -0.349. The van der Waals surface area contributed by atoms with Crippen LogP contribution in [0.5, 0.6) is 5.75 Å². The number of anilines is 1. The maximum atomic E-state index is 12.2. The van der Waals surface area contributed by atoms with Crippen LogP contribution in [0.1, 0.15) is 35.7 Å². The second-order valence-electron chi connectivity index (χ2n) is 5.71. The molecule has 0 fully saturated rings. The first-order valence-corrected chi connectivity index (χ1v) is 7.82. The van der Waals surface area contributed by atoms with Gasteiger partial charge in [-0.2, -0.15) is 0 Å². The third kappa shape index (κ3) is 4.59. The molecule has 2 N–H and O–H groups in total. The van der Waals surface area contributed by atoms with Gasteiger partial charge in [-0.15, -0.1) is 0 Å². The van der Waals surface area contributed by atoms with E-state index in [1.54, 1.807) is 24.3 Å². The van der Waals surface area contributed by atoms with Crippen LogP contribution in [0.4, 0.5) is 5.69 Å². The maximum Gasteiger partial charge on any atom is 0.255 e. The number of nitrogens with one attached hydrogen (secondary N) is 2. The van der Waals surface area contributed by atoms with Crippen molar-refractivity contribution < 1.29 is 14.3 Å². The van der Waals surface area contributed by atoms with E-state index in [0.29, 0.717) is 17.2 Å². The number of rotatable bonds is 6. The van der Waals surface area contributed by atoms with Crippen LogP contribution in [-0.4, -0.2) is 25.5 Å². The third-order valence-corrected chi connectivity index (χ3v) is 3.60. The van der Waals surface area contributed by atoms with E-state index in [1.165, 1.54) is 7.11 Å². The standard InChI is InChI=1S/C19H22N2O3/c1-13(2)14-7-6-8-15(11-14)21-18(22)12-20-19(23)16-9-4-5-10-17(16)24-3/h4-11,13H,12H2,1-3H3,(H,20,23)(H,21,22). The van der Waals surface area contributed by atoms with E-state index < -0.39 is 0 Å². The van der Waals surface area contributed by atoms with E-state index in [9.17, 15) is 9.59 Å². The Hall–Kier alpha value is -2.82. The Balaban J connectivity index is 1.93. The highest BCUT2D eigenvalue weighted by molar-refractivity contribution is 6.00. The van der Waals surface area contributed by atoms with Crippen molar-refractivity contribution in [2.24, 2.45) is 0 Å². The normalized spacial score (nSPS) is 10.3. The smallest absolute Gasteiger partial charge is 0.255 e. The van der Waals surface area contributed by atoms with Gasteiger partial charge in [0.05, 0.1) is 19.2 Å². The highest BCUT2D eigenvalue weighted by Crippen LogP contribution is 2.19. The predicted octanol–water partition coefficient (Wildman–Crippen LogP) is 3.19. The highest BCUT2D eigenvalue weighted by Gasteiger charge is 2.12. The van der Waals surface area contributed by atoms with Gasteiger partial charge < -0.3 is 15.4 Å². The number of hydrogen-bond acceptors (Lipinski definition) is 3. The van der Waals surface area contributed by atoms with Crippen molar-refractivity contribution in [1.82, 2.24) is 5.32 Å². The van der Waals surface area contributed by atoms with Crippen LogP contribution in [0.3, 0.4) is 0 Å². The van der Waals surface area contributed by atoms with Gasteiger partial charge in [-0.05, 0) is 35.7 Å². The summed E-state index contributed by atoms with van der Waals surface area (Å²) in [6, 6.07) is 14.6. The van der Waals surface area contributed by atoms with Crippen LogP contribution >= 0.6 is 0 Å². The average molecular weight is 326 g/mol. The molecule has 5 heteroatoms. The lowest BCUT2D eigenvalue weighted by atomic mass is 10.0. The van der Waals surface area contributed by atoms with E-state index in [1.807, 2.05) is 24.3 Å². The number of carbonyl (C=O) groups is 2. The summed E-state index contributed by atoms with van der Waals surface area (Å²) in [5.41, 5.74) is 2.26. The molecular formula is C19H22N2O3. The summed E-state index contributed by atoms with van der Waals surface area (Å²) in [4.78, 5) is 24.2. The number of ether oxygens (including phenoxy) is 1. The Morgan fingerprint density at radius 2 is 1.83 bits per heavy atom. The van der Waals surface area contributed by atoms with Crippen molar-refractivity contribution in [3.63, 3.8) is 0 Å². The number of carbonyl (C=O) groups excluding carboxylic acids is 2. The molecule has 0 aliphatic heterocycles. The molecule has 5 nitrogen and oxygen atoms in total. The second-order valence-corrected chi connectivity index (χ2v) is 5.71. The monoisotopic (exact) mass is 326 g/mol. The minimum Gasteiger partial charge on any atom is -0.496 e. The van der Waals surface area contributed by atoms with Crippen molar-refractivity contribution in [2.75, 3.05) is 19.0 Å². The molecule has 126 valence electrons. The topological polar surface area (TPSA) is 67.4 Å². The van der Waals surface area contributed by atoms with Crippen LogP contribution in [0.2, 0.25) is 0 Å². The van der Waals surface area contributed by atoms with E-state index in [4.69, 9.17) is 4.74 Å². The van der Waals surface area contributed by atoms with Gasteiger partial charge in [0, 0.05) is 5.69 Å². The lowest BCUT2D eigenvalue weighted by Gasteiger charge is -2.11. The molecule has 2 aromatic carbocycles. The lowest BCUT2D eigenvalue weighted by Crippen LogP contribution is -2.33. The van der Waals surface area contributed by atoms with Crippen LogP contribution in [0.15, 0.2) is 48.5 Å². The lowest BCUT2D eigenvalue weighted by molar-refractivity contribution is -0.115. The number of methoxy groups -OCH3 is 1. The third-order valence-electron chi connectivity index (χ3n) is 3.60. The van der Waals surface area contributed by atoms with Crippen molar-refractivity contribution >= 4 is 17.5 Å². The molecule has 0 unspecified atom stereocenters. The number of amides is 2. The first-order valence-electron chi connectivity index (χ1n) is 7.82. The van der Waals surface area contributed by atoms with Gasteiger partial charge >= 0.3 is 0 Å². The van der Waals surface area contributed by atoms with Crippen LogP contribution in [-0.2, 0) is 4.79 Å². The fourth-order valence-electron chi connectivity index (χ4n) is 2.27. The van der Waals surface area contributed by atoms with Crippen LogP contribution in [0, 0.1) is 0 Å². The summed E-state index contributed by atoms with van der Waals surface area (Å²) >= 11 is 0. The zero-order valence-electron chi connectivity index (χ0n) is 14.1. The Kier molecular flexibility index (Phi) is 5.95. The number of para-hydroxylation sites is 1. The van der Waals surface area contributed by atoms with Crippen LogP contribution < -0.4 is 15.4 Å². The Labute approximate surface area is 142 Å². The molecular weight excluding hydrogens is 304 g/mol. The summed E-state index contributed by atoms with van der Waals surface area (Å²) in [7, 11) is 1.50. The second kappa shape index (κ2) is 8.15. The first kappa shape index (κ1) is 17.5. The Morgan fingerprint density at radius 3 is 2.54 bits per heavy atom. The zero-order chi connectivity index (χ0) is 17.5. The van der Waals surface area contributed by atoms with Crippen molar-refractivity contribution in [1.29, 1.82) is 0 Å². The van der Waals surface area contributed by atoms with Gasteiger partial charge in [0.15, 0.2) is 0 Å². The van der Waals surface area contributed by atoms with Crippen molar-refractivity contribution in [2.45, 2.75) is 19.8 Å². The summed E-state index contributed by atoms with van der Waals surface area (Å²) in [6.07, 6.45) is 0. The van der Waals surface area contributed by atoms with Crippen LogP contribution in [0.25, 0.3) is 0 Å². The molecule has 2 rings (SSSR count). The zero-order valence-corrected chi connectivity index (χ0v) is 14.1. The van der Waals surface area contributed by atoms with E-state index in [-0.39, 0.29) is 18.4 Å². The van der Waals surface area contributed by atoms with Gasteiger partial charge in [0.2, 0.25) is 5.91 Å². The average Bonchev–Trinajstić information content (AvgIpc) is 2.59. The van der Waals surface area contributed by atoms with Gasteiger partial charge in [-0.25, -0.2) is 0 Å².